The topological polar surface area (TPSA) is 25.8 Å². The predicted octanol–water partition coefficient (Wildman–Crippen LogP) is 6.23. The zero-order chi connectivity index (χ0) is 18.8. The van der Waals surface area contributed by atoms with Crippen molar-refractivity contribution in [3.8, 4) is 33.6 Å². The van der Waals surface area contributed by atoms with E-state index in [2.05, 4.69) is 64.6 Å². The molecule has 2 nitrogen and oxygen atoms in total. The summed E-state index contributed by atoms with van der Waals surface area (Å²) < 4.78 is 0. The van der Waals surface area contributed by atoms with E-state index in [1.807, 2.05) is 48.7 Å². The summed E-state index contributed by atoms with van der Waals surface area (Å²) in [6.45, 7) is 0. The molecule has 0 atom stereocenters. The van der Waals surface area contributed by atoms with Gasteiger partial charge in [-0.25, -0.2) is 0 Å². The van der Waals surface area contributed by atoms with E-state index in [0.717, 1.165) is 44.4 Å². The molecule has 0 spiro atoms. The van der Waals surface area contributed by atoms with Gasteiger partial charge in [-0.15, -0.1) is 53.4 Å². The molecule has 0 aliphatic carbocycles. The van der Waals surface area contributed by atoms with E-state index < -0.39 is 0 Å². The van der Waals surface area contributed by atoms with Gasteiger partial charge in [-0.05, 0) is 12.1 Å². The van der Waals surface area contributed by atoms with Crippen LogP contribution in [-0.2, 0) is 21.1 Å². The molecule has 0 aliphatic heterocycles. The second-order valence-corrected chi connectivity index (χ2v) is 6.55. The summed E-state index contributed by atoms with van der Waals surface area (Å²) in [7, 11) is 0. The molecule has 0 radical (unpaired) electrons. The van der Waals surface area contributed by atoms with Crippen LogP contribution in [0.3, 0.4) is 0 Å². The monoisotopic (exact) mass is 551 g/mol. The number of fused-ring (bicyclic) bond motifs is 1. The molecule has 0 unspecified atom stereocenters. The predicted molar refractivity (Wildman–Crippen MR) is 114 cm³/mol. The quantitative estimate of drug-likeness (QED) is 0.249. The Morgan fingerprint density at radius 3 is 1.86 bits per heavy atom. The Hall–Kier alpha value is -3.09. The molecular formula is C26H16N2Pt. The number of pyridine rings is 2. The summed E-state index contributed by atoms with van der Waals surface area (Å²) in [6, 6.07) is 35.6. The van der Waals surface area contributed by atoms with Crippen molar-refractivity contribution in [2.75, 3.05) is 0 Å². The van der Waals surface area contributed by atoms with Gasteiger partial charge in [0.15, 0.2) is 0 Å². The molecule has 29 heavy (non-hydrogen) atoms. The number of aromatic nitrogens is 2. The van der Waals surface area contributed by atoms with Gasteiger partial charge in [-0.1, -0.05) is 64.5 Å². The summed E-state index contributed by atoms with van der Waals surface area (Å²) >= 11 is 0. The fraction of sp³-hybridized carbons (Fsp3) is 0. The van der Waals surface area contributed by atoms with Gasteiger partial charge in [-0.2, -0.15) is 0 Å². The van der Waals surface area contributed by atoms with E-state index in [1.165, 1.54) is 0 Å². The minimum Gasteiger partial charge on any atom is -0.295 e. The van der Waals surface area contributed by atoms with Crippen LogP contribution in [-0.4, -0.2) is 9.97 Å². The van der Waals surface area contributed by atoms with Crippen LogP contribution >= 0.6 is 0 Å². The Morgan fingerprint density at radius 2 is 1.17 bits per heavy atom. The molecule has 3 aromatic carbocycles. The molecule has 0 aliphatic rings. The zero-order valence-electron chi connectivity index (χ0n) is 15.4. The Balaban J connectivity index is 0.00000205. The Bertz CT molecular complexity index is 1250. The number of hydrogen-bond acceptors (Lipinski definition) is 2. The number of hydrogen-bond donors (Lipinski definition) is 0. The van der Waals surface area contributed by atoms with Crippen LogP contribution in [0.2, 0.25) is 0 Å². The SMILES string of the molecule is [Pt+2].[c-]1c(-c2ccccn2)cccc1-c1cccc2ccc(-c3ccccn3)[c-]c12. The number of nitrogens with zero attached hydrogens (tertiary/aromatic N) is 2. The van der Waals surface area contributed by atoms with E-state index in [4.69, 9.17) is 0 Å². The molecule has 5 rings (SSSR count). The Labute approximate surface area is 184 Å². The van der Waals surface area contributed by atoms with Crippen LogP contribution in [0.15, 0.2) is 97.3 Å². The maximum Gasteiger partial charge on any atom is 2.00 e. The largest absolute Gasteiger partial charge is 2.00 e. The summed E-state index contributed by atoms with van der Waals surface area (Å²) in [5.74, 6) is 0. The fourth-order valence-corrected chi connectivity index (χ4v) is 3.39. The van der Waals surface area contributed by atoms with E-state index in [1.54, 1.807) is 6.20 Å². The van der Waals surface area contributed by atoms with Crippen LogP contribution in [0.1, 0.15) is 0 Å². The third-order valence-corrected chi connectivity index (χ3v) is 4.75. The normalized spacial score (nSPS) is 10.5. The molecule has 2 heterocycles. The maximum atomic E-state index is 4.46. The first kappa shape index (κ1) is 19.2. The van der Waals surface area contributed by atoms with Gasteiger partial charge in [0.05, 0.1) is 0 Å². The molecule has 0 saturated heterocycles. The zero-order valence-corrected chi connectivity index (χ0v) is 17.7. The van der Waals surface area contributed by atoms with Gasteiger partial charge in [-0.3, -0.25) is 9.97 Å². The molecule has 140 valence electrons. The molecule has 0 bridgehead atoms. The molecule has 5 aromatic rings. The van der Waals surface area contributed by atoms with Gasteiger partial charge in [0, 0.05) is 23.8 Å². The molecule has 0 saturated carbocycles. The van der Waals surface area contributed by atoms with Crippen molar-refractivity contribution in [1.82, 2.24) is 9.97 Å². The van der Waals surface area contributed by atoms with E-state index in [0.29, 0.717) is 0 Å². The fourth-order valence-electron chi connectivity index (χ4n) is 3.39. The van der Waals surface area contributed by atoms with Crippen LogP contribution < -0.4 is 0 Å². The van der Waals surface area contributed by atoms with Crippen molar-refractivity contribution in [2.45, 2.75) is 0 Å². The number of benzene rings is 3. The summed E-state index contributed by atoms with van der Waals surface area (Å²) in [5, 5.41) is 2.22. The first-order valence-corrected chi connectivity index (χ1v) is 9.19. The molecular weight excluding hydrogens is 535 g/mol. The average Bonchev–Trinajstić information content (AvgIpc) is 2.79. The molecule has 0 amide bonds. The van der Waals surface area contributed by atoms with Gasteiger partial charge in [0.2, 0.25) is 0 Å². The minimum atomic E-state index is 0. The molecule has 0 N–H and O–H groups in total. The molecule has 0 fully saturated rings. The summed E-state index contributed by atoms with van der Waals surface area (Å²) in [6.07, 6.45) is 3.62. The van der Waals surface area contributed by atoms with E-state index in [9.17, 15) is 0 Å². The third-order valence-electron chi connectivity index (χ3n) is 4.75. The average molecular weight is 552 g/mol. The van der Waals surface area contributed by atoms with Crippen molar-refractivity contribution in [2.24, 2.45) is 0 Å². The van der Waals surface area contributed by atoms with Crippen molar-refractivity contribution in [3.63, 3.8) is 0 Å². The van der Waals surface area contributed by atoms with Gasteiger partial charge >= 0.3 is 21.1 Å². The van der Waals surface area contributed by atoms with Crippen molar-refractivity contribution >= 4 is 10.8 Å². The van der Waals surface area contributed by atoms with Crippen molar-refractivity contribution in [1.29, 1.82) is 0 Å². The molecule has 3 heteroatoms. The smallest absolute Gasteiger partial charge is 0.295 e. The molecule has 2 aromatic heterocycles. The van der Waals surface area contributed by atoms with Crippen molar-refractivity contribution < 1.29 is 21.1 Å². The Morgan fingerprint density at radius 1 is 0.517 bits per heavy atom. The second-order valence-electron chi connectivity index (χ2n) is 6.55. The van der Waals surface area contributed by atoms with Gasteiger partial charge < -0.3 is 0 Å². The van der Waals surface area contributed by atoms with E-state index >= 15 is 0 Å². The second kappa shape index (κ2) is 8.51. The summed E-state index contributed by atoms with van der Waals surface area (Å²) in [5.41, 5.74) is 5.95. The first-order valence-electron chi connectivity index (χ1n) is 9.19. The van der Waals surface area contributed by atoms with Crippen LogP contribution in [0.5, 0.6) is 0 Å². The Kier molecular flexibility index (Phi) is 5.64. The first-order chi connectivity index (χ1) is 13.9. The van der Waals surface area contributed by atoms with Gasteiger partial charge in [0.25, 0.3) is 0 Å². The number of rotatable bonds is 3. The van der Waals surface area contributed by atoms with Crippen molar-refractivity contribution in [3.05, 3.63) is 109 Å². The van der Waals surface area contributed by atoms with Crippen LogP contribution in [0.25, 0.3) is 44.4 Å². The maximum absolute atomic E-state index is 4.46. The third kappa shape index (κ3) is 3.90. The van der Waals surface area contributed by atoms with Gasteiger partial charge in [0.1, 0.15) is 0 Å². The summed E-state index contributed by atoms with van der Waals surface area (Å²) in [4.78, 5) is 8.92. The standard InChI is InChI=1S/C26H16N2.Pt/c1-3-15-27-25(11-1)21-9-5-8-20(17-21)23-10-6-7-19-13-14-22(18-24(19)23)26-12-2-4-16-28-26;/h1-16H;/q-2;+2. The minimum absolute atomic E-state index is 0. The van der Waals surface area contributed by atoms with Crippen LogP contribution in [0, 0.1) is 12.1 Å². The van der Waals surface area contributed by atoms with E-state index in [-0.39, 0.29) is 21.1 Å². The van der Waals surface area contributed by atoms with Crippen LogP contribution in [0.4, 0.5) is 0 Å².